The van der Waals surface area contributed by atoms with Crippen LogP contribution in [-0.2, 0) is 21.4 Å². The molecule has 1 aliphatic rings. The van der Waals surface area contributed by atoms with Crippen LogP contribution in [0.4, 0.5) is 5.69 Å². The first-order chi connectivity index (χ1) is 11.9. The lowest BCUT2D eigenvalue weighted by molar-refractivity contribution is -0.116. The monoisotopic (exact) mass is 362 g/mol. The van der Waals surface area contributed by atoms with Crippen LogP contribution in [0, 0.1) is 5.92 Å². The Bertz CT molecular complexity index is 816. The fraction of sp³-hybridized carbons (Fsp3) is 0.412. The van der Waals surface area contributed by atoms with E-state index in [4.69, 9.17) is 0 Å². The molecule has 1 fully saturated rings. The van der Waals surface area contributed by atoms with Crippen molar-refractivity contribution in [2.45, 2.75) is 31.2 Å². The van der Waals surface area contributed by atoms with Gasteiger partial charge in [-0.25, -0.2) is 8.42 Å². The predicted octanol–water partition coefficient (Wildman–Crippen LogP) is 1.94. The Morgan fingerprint density at radius 3 is 2.72 bits per heavy atom. The van der Waals surface area contributed by atoms with Crippen LogP contribution in [0.2, 0.25) is 0 Å². The third-order valence-electron chi connectivity index (χ3n) is 4.26. The molecule has 0 bridgehead atoms. The molecule has 1 amide bonds. The average Bonchev–Trinajstić information content (AvgIpc) is 3.08. The van der Waals surface area contributed by atoms with Gasteiger partial charge < -0.3 is 5.32 Å². The molecule has 0 saturated carbocycles. The molecule has 0 aliphatic carbocycles. The highest BCUT2D eigenvalue weighted by molar-refractivity contribution is 7.89. The van der Waals surface area contributed by atoms with Crippen molar-refractivity contribution in [1.82, 2.24) is 14.1 Å². The summed E-state index contributed by atoms with van der Waals surface area (Å²) >= 11 is 0. The van der Waals surface area contributed by atoms with E-state index in [-0.39, 0.29) is 17.3 Å². The number of rotatable bonds is 5. The number of amides is 1. The molecule has 0 spiro atoms. The number of nitrogens with one attached hydrogen (secondary N) is 1. The van der Waals surface area contributed by atoms with Gasteiger partial charge in [-0.15, -0.1) is 0 Å². The molecular weight excluding hydrogens is 340 g/mol. The van der Waals surface area contributed by atoms with E-state index < -0.39 is 10.0 Å². The smallest absolute Gasteiger partial charge is 0.246 e. The summed E-state index contributed by atoms with van der Waals surface area (Å²) in [6.07, 6.45) is 5.26. The fourth-order valence-corrected chi connectivity index (χ4v) is 4.56. The van der Waals surface area contributed by atoms with Crippen molar-refractivity contribution < 1.29 is 13.2 Å². The summed E-state index contributed by atoms with van der Waals surface area (Å²) in [4.78, 5) is 12.2. The minimum Gasteiger partial charge on any atom is -0.324 e. The molecule has 0 unspecified atom stereocenters. The van der Waals surface area contributed by atoms with Gasteiger partial charge in [-0.2, -0.15) is 9.40 Å². The number of carbonyl (C=O) groups excluding carboxylic acids is 1. The van der Waals surface area contributed by atoms with Crippen molar-refractivity contribution >= 4 is 21.6 Å². The highest BCUT2D eigenvalue weighted by atomic mass is 32.2. The van der Waals surface area contributed by atoms with Gasteiger partial charge in [0.25, 0.3) is 0 Å². The minimum absolute atomic E-state index is 0.110. The number of aromatic nitrogens is 2. The zero-order valence-electron chi connectivity index (χ0n) is 14.1. The van der Waals surface area contributed by atoms with Crippen molar-refractivity contribution in [1.29, 1.82) is 0 Å². The number of hydrogen-bond donors (Lipinski definition) is 1. The first-order valence-corrected chi connectivity index (χ1v) is 9.76. The van der Waals surface area contributed by atoms with Gasteiger partial charge in [-0.1, -0.05) is 6.92 Å². The van der Waals surface area contributed by atoms with Gasteiger partial charge in [-0.3, -0.25) is 9.48 Å². The molecule has 1 atom stereocenters. The van der Waals surface area contributed by atoms with Crippen LogP contribution in [0.1, 0.15) is 19.8 Å². The molecule has 1 saturated heterocycles. The quantitative estimate of drug-likeness (QED) is 0.881. The molecule has 2 heterocycles. The van der Waals surface area contributed by atoms with E-state index in [2.05, 4.69) is 17.3 Å². The molecule has 0 radical (unpaired) electrons. The summed E-state index contributed by atoms with van der Waals surface area (Å²) in [7, 11) is -3.47. The molecular formula is C17H22N4O3S. The number of nitrogens with zero attached hydrogens (tertiary/aromatic N) is 3. The van der Waals surface area contributed by atoms with Crippen LogP contribution < -0.4 is 5.32 Å². The zero-order chi connectivity index (χ0) is 17.9. The summed E-state index contributed by atoms with van der Waals surface area (Å²) in [5.74, 6) is 0.161. The van der Waals surface area contributed by atoms with Gasteiger partial charge in [-0.05, 0) is 49.1 Å². The van der Waals surface area contributed by atoms with Crippen LogP contribution in [0.25, 0.3) is 0 Å². The van der Waals surface area contributed by atoms with Gasteiger partial charge in [0.15, 0.2) is 0 Å². The van der Waals surface area contributed by atoms with E-state index in [9.17, 15) is 13.2 Å². The Labute approximate surface area is 147 Å². The molecule has 134 valence electrons. The largest absolute Gasteiger partial charge is 0.324 e. The Hall–Kier alpha value is -2.19. The maximum Gasteiger partial charge on any atom is 0.246 e. The summed E-state index contributed by atoms with van der Waals surface area (Å²) in [6, 6.07) is 8.05. The summed E-state index contributed by atoms with van der Waals surface area (Å²) in [6.45, 7) is 3.30. The average molecular weight is 362 g/mol. The number of anilines is 1. The first-order valence-electron chi connectivity index (χ1n) is 8.32. The summed E-state index contributed by atoms with van der Waals surface area (Å²) in [5, 5.41) is 6.71. The van der Waals surface area contributed by atoms with Crippen LogP contribution in [-0.4, -0.2) is 41.5 Å². The number of hydrogen-bond acceptors (Lipinski definition) is 4. The topological polar surface area (TPSA) is 84.3 Å². The lowest BCUT2D eigenvalue weighted by Gasteiger charge is -2.30. The maximum atomic E-state index is 12.7. The SMILES string of the molecule is C[C@@H]1CCCN(S(=O)(=O)c2ccc(NC(=O)Cn3cccn3)cc2)C1. The number of sulfonamides is 1. The Balaban J connectivity index is 1.66. The second-order valence-corrected chi connectivity index (χ2v) is 8.32. The number of benzene rings is 1. The van der Waals surface area contributed by atoms with Gasteiger partial charge in [0.05, 0.1) is 4.90 Å². The lowest BCUT2D eigenvalue weighted by atomic mass is 10.0. The molecule has 2 aromatic rings. The van der Waals surface area contributed by atoms with Crippen LogP contribution in [0.15, 0.2) is 47.6 Å². The molecule has 7 nitrogen and oxygen atoms in total. The highest BCUT2D eigenvalue weighted by Gasteiger charge is 2.28. The van der Waals surface area contributed by atoms with E-state index in [1.54, 1.807) is 34.9 Å². The van der Waals surface area contributed by atoms with E-state index in [1.807, 2.05) is 0 Å². The molecule has 3 rings (SSSR count). The standard InChI is InChI=1S/C17H22N4O3S/c1-14-4-2-11-21(12-14)25(23,24)16-7-5-15(6-8-16)19-17(22)13-20-10-3-9-18-20/h3,5-10,14H,2,4,11-13H2,1H3,(H,19,22)/t14-/m1/s1. The van der Waals surface area contributed by atoms with E-state index in [1.165, 1.54) is 16.8 Å². The normalized spacial score (nSPS) is 18.8. The summed E-state index contributed by atoms with van der Waals surface area (Å²) < 4.78 is 28.5. The van der Waals surface area contributed by atoms with E-state index in [0.29, 0.717) is 24.7 Å². The van der Waals surface area contributed by atoms with Crippen LogP contribution in [0.5, 0.6) is 0 Å². The van der Waals surface area contributed by atoms with Crippen molar-refractivity contribution in [3.63, 3.8) is 0 Å². The second-order valence-electron chi connectivity index (χ2n) is 6.39. The first kappa shape index (κ1) is 17.6. The van der Waals surface area contributed by atoms with Crippen LogP contribution >= 0.6 is 0 Å². The van der Waals surface area contributed by atoms with Crippen molar-refractivity contribution in [2.24, 2.45) is 5.92 Å². The van der Waals surface area contributed by atoms with Crippen LogP contribution in [0.3, 0.4) is 0 Å². The summed E-state index contributed by atoms with van der Waals surface area (Å²) in [5.41, 5.74) is 0.558. The van der Waals surface area contributed by atoms with E-state index in [0.717, 1.165) is 12.8 Å². The third-order valence-corrected chi connectivity index (χ3v) is 6.14. The lowest BCUT2D eigenvalue weighted by Crippen LogP contribution is -2.39. The molecule has 8 heteroatoms. The molecule has 1 aromatic heterocycles. The molecule has 25 heavy (non-hydrogen) atoms. The Kier molecular flexibility index (Phi) is 5.19. The Morgan fingerprint density at radius 1 is 1.32 bits per heavy atom. The van der Waals surface area contributed by atoms with Gasteiger partial charge >= 0.3 is 0 Å². The molecule has 1 aliphatic heterocycles. The van der Waals surface area contributed by atoms with Crippen molar-refractivity contribution in [3.8, 4) is 0 Å². The fourth-order valence-electron chi connectivity index (χ4n) is 2.97. The molecule has 1 aromatic carbocycles. The van der Waals surface area contributed by atoms with Crippen molar-refractivity contribution in [3.05, 3.63) is 42.7 Å². The zero-order valence-corrected chi connectivity index (χ0v) is 14.9. The van der Waals surface area contributed by atoms with Gasteiger partial charge in [0.2, 0.25) is 15.9 Å². The van der Waals surface area contributed by atoms with Crippen molar-refractivity contribution in [2.75, 3.05) is 18.4 Å². The Morgan fingerprint density at radius 2 is 2.08 bits per heavy atom. The highest BCUT2D eigenvalue weighted by Crippen LogP contribution is 2.24. The maximum absolute atomic E-state index is 12.7. The number of carbonyl (C=O) groups is 1. The number of piperidine rings is 1. The van der Waals surface area contributed by atoms with Gasteiger partial charge in [0.1, 0.15) is 6.54 Å². The molecule has 1 N–H and O–H groups in total. The minimum atomic E-state index is -3.47. The third kappa shape index (κ3) is 4.26. The second kappa shape index (κ2) is 7.37. The van der Waals surface area contributed by atoms with Gasteiger partial charge in [0, 0.05) is 31.2 Å². The van der Waals surface area contributed by atoms with E-state index >= 15 is 0 Å². The predicted molar refractivity (Wildman–Crippen MR) is 94.5 cm³/mol.